The third kappa shape index (κ3) is 7.17. The Labute approximate surface area is 272 Å². The Hall–Kier alpha value is 0.505. The first kappa shape index (κ1) is 29.5. The van der Waals surface area contributed by atoms with Crippen molar-refractivity contribution in [1.82, 2.24) is 0 Å². The van der Waals surface area contributed by atoms with E-state index in [9.17, 15) is 0 Å². The molecule has 36 heavy (non-hydrogen) atoms. The van der Waals surface area contributed by atoms with Crippen LogP contribution in [0.5, 0.6) is 0 Å². The number of fused-ring (bicyclic) bond motifs is 1. The molecule has 0 N–H and O–H groups in total. The molecule has 0 amide bonds. The smallest absolute Gasteiger partial charge is 0.328 e. The molecule has 0 atom stereocenters. The van der Waals surface area contributed by atoms with Gasteiger partial charge >= 0.3 is 58.2 Å². The molecule has 0 bridgehead atoms. The predicted molar refractivity (Wildman–Crippen MR) is 153 cm³/mol. The summed E-state index contributed by atoms with van der Waals surface area (Å²) in [6.07, 6.45) is 23.9. The SMILES string of the molecule is Cc1c(CC2CCC(CC3CCC(C)CC3)CC2)cc2ccc(CC3CC[CH-]CC3)c(C)c2c1C.[Rb+]. The first-order chi connectivity index (χ1) is 17.0. The van der Waals surface area contributed by atoms with Crippen LogP contribution in [0, 0.1) is 56.8 Å². The fraction of sp³-hybridized carbons (Fsp3) is 0.686. The Morgan fingerprint density at radius 1 is 0.639 bits per heavy atom. The maximum atomic E-state index is 2.57. The number of rotatable bonds is 6. The number of hydrogen-bond acceptors (Lipinski definition) is 0. The van der Waals surface area contributed by atoms with E-state index in [4.69, 9.17) is 0 Å². The van der Waals surface area contributed by atoms with E-state index in [2.05, 4.69) is 52.3 Å². The topological polar surface area (TPSA) is 0 Å². The molecule has 0 unspecified atom stereocenters. The van der Waals surface area contributed by atoms with Crippen LogP contribution in [0.1, 0.15) is 118 Å². The Kier molecular flexibility index (Phi) is 11.2. The average Bonchev–Trinajstić information content (AvgIpc) is 2.87. The Bertz CT molecular complexity index is 982. The fourth-order valence-corrected chi connectivity index (χ4v) is 8.08. The van der Waals surface area contributed by atoms with Gasteiger partial charge in [-0.2, -0.15) is 12.8 Å². The van der Waals surface area contributed by atoms with Crippen molar-refractivity contribution in [3.63, 3.8) is 0 Å². The molecule has 2 aromatic rings. The molecule has 192 valence electrons. The maximum Gasteiger partial charge on any atom is 1.00 e. The predicted octanol–water partition coefficient (Wildman–Crippen LogP) is 7.27. The largest absolute Gasteiger partial charge is 1.00 e. The maximum absolute atomic E-state index is 2.57. The molecule has 3 saturated carbocycles. The molecule has 1 heteroatoms. The molecule has 0 radical (unpaired) electrons. The Morgan fingerprint density at radius 2 is 1.19 bits per heavy atom. The van der Waals surface area contributed by atoms with Gasteiger partial charge in [-0.25, -0.2) is 0 Å². The quantitative estimate of drug-likeness (QED) is 0.328. The van der Waals surface area contributed by atoms with Crippen molar-refractivity contribution in [1.29, 1.82) is 0 Å². The van der Waals surface area contributed by atoms with Crippen LogP contribution in [0.4, 0.5) is 0 Å². The summed E-state index contributed by atoms with van der Waals surface area (Å²) in [5.74, 6) is 4.84. The molecule has 0 aromatic heterocycles. The Morgan fingerprint density at radius 3 is 1.86 bits per heavy atom. The van der Waals surface area contributed by atoms with E-state index in [0.717, 1.165) is 29.6 Å². The summed E-state index contributed by atoms with van der Waals surface area (Å²) in [5, 5.41) is 3.04. The molecule has 5 rings (SSSR count). The van der Waals surface area contributed by atoms with Crippen LogP contribution >= 0.6 is 0 Å². The monoisotopic (exact) mass is 556 g/mol. The standard InChI is InChI=1S/C35H51.Rb/c1-24-10-12-29(13-11-24)20-30-14-16-31(17-15-30)22-34-23-33-19-18-32(21-28-8-6-5-7-9-28)27(4)35(33)26(3)25(34)2;/h5,18-19,23-24,28-31H,6-17,20-22H2,1-4H3;/q-1;+1. The van der Waals surface area contributed by atoms with E-state index in [1.165, 1.54) is 102 Å². The zero-order valence-electron chi connectivity index (χ0n) is 24.3. The first-order valence-electron chi connectivity index (χ1n) is 15.3. The normalized spacial score (nSPS) is 27.7. The second-order valence-corrected chi connectivity index (χ2v) is 13.2. The van der Waals surface area contributed by atoms with Crippen molar-refractivity contribution in [2.24, 2.45) is 29.6 Å². The number of hydrogen-bond donors (Lipinski definition) is 0. The zero-order valence-corrected chi connectivity index (χ0v) is 29.2. The first-order valence-corrected chi connectivity index (χ1v) is 15.3. The van der Waals surface area contributed by atoms with Crippen LogP contribution in [-0.2, 0) is 12.8 Å². The summed E-state index contributed by atoms with van der Waals surface area (Å²) in [4.78, 5) is 0. The van der Waals surface area contributed by atoms with Crippen LogP contribution in [0.15, 0.2) is 18.2 Å². The molecule has 0 spiro atoms. The minimum atomic E-state index is 0. The van der Waals surface area contributed by atoms with Gasteiger partial charge in [0.05, 0.1) is 0 Å². The van der Waals surface area contributed by atoms with Gasteiger partial charge in [-0.1, -0.05) is 76.5 Å². The minimum Gasteiger partial charge on any atom is -0.328 e. The summed E-state index contributed by atoms with van der Waals surface area (Å²) >= 11 is 0. The summed E-state index contributed by atoms with van der Waals surface area (Å²) in [5.41, 5.74) is 7.92. The third-order valence-corrected chi connectivity index (χ3v) is 10.7. The van der Waals surface area contributed by atoms with Crippen molar-refractivity contribution in [2.75, 3.05) is 0 Å². The van der Waals surface area contributed by atoms with E-state index in [-0.39, 0.29) is 58.2 Å². The molecule has 0 aliphatic heterocycles. The zero-order chi connectivity index (χ0) is 24.4. The van der Waals surface area contributed by atoms with Gasteiger partial charge < -0.3 is 6.42 Å². The second kappa shape index (κ2) is 13.7. The molecule has 3 fully saturated rings. The summed E-state index contributed by atoms with van der Waals surface area (Å²) in [6, 6.07) is 7.48. The van der Waals surface area contributed by atoms with Crippen molar-refractivity contribution < 1.29 is 58.2 Å². The molecule has 2 aromatic carbocycles. The van der Waals surface area contributed by atoms with Crippen LogP contribution < -0.4 is 58.2 Å². The van der Waals surface area contributed by atoms with Gasteiger partial charge in [0.25, 0.3) is 0 Å². The van der Waals surface area contributed by atoms with Gasteiger partial charge in [-0.15, -0.1) is 0 Å². The molecular formula is C35H51Rb. The summed E-state index contributed by atoms with van der Waals surface area (Å²) < 4.78 is 0. The van der Waals surface area contributed by atoms with Crippen LogP contribution in [0.25, 0.3) is 10.8 Å². The molecule has 0 nitrogen and oxygen atoms in total. The fourth-order valence-electron chi connectivity index (χ4n) is 8.08. The molecule has 3 aliphatic carbocycles. The molecule has 0 saturated heterocycles. The molecule has 3 aliphatic rings. The third-order valence-electron chi connectivity index (χ3n) is 10.7. The molecule has 0 heterocycles. The van der Waals surface area contributed by atoms with Gasteiger partial charge in [-0.3, -0.25) is 0 Å². The Balaban J connectivity index is 0.00000304. The van der Waals surface area contributed by atoms with E-state index < -0.39 is 0 Å². The van der Waals surface area contributed by atoms with Crippen LogP contribution in [0.2, 0.25) is 0 Å². The van der Waals surface area contributed by atoms with E-state index in [0.29, 0.717) is 0 Å². The van der Waals surface area contributed by atoms with E-state index in [1.54, 1.807) is 33.2 Å². The summed E-state index contributed by atoms with van der Waals surface area (Å²) in [7, 11) is 0. The average molecular weight is 557 g/mol. The second-order valence-electron chi connectivity index (χ2n) is 13.2. The molecular weight excluding hydrogens is 506 g/mol. The van der Waals surface area contributed by atoms with Gasteiger partial charge in [0.15, 0.2) is 0 Å². The van der Waals surface area contributed by atoms with Gasteiger partial charge in [0, 0.05) is 0 Å². The van der Waals surface area contributed by atoms with Crippen molar-refractivity contribution in [3.8, 4) is 0 Å². The van der Waals surface area contributed by atoms with Gasteiger partial charge in [0.1, 0.15) is 0 Å². The van der Waals surface area contributed by atoms with Crippen molar-refractivity contribution in [3.05, 3.63) is 52.4 Å². The van der Waals surface area contributed by atoms with Gasteiger partial charge in [0.2, 0.25) is 0 Å². The van der Waals surface area contributed by atoms with E-state index in [1.807, 2.05) is 0 Å². The van der Waals surface area contributed by atoms with Crippen LogP contribution in [-0.4, -0.2) is 0 Å². The van der Waals surface area contributed by atoms with E-state index >= 15 is 0 Å². The summed E-state index contributed by atoms with van der Waals surface area (Å²) in [6.45, 7) is 9.65. The van der Waals surface area contributed by atoms with Crippen LogP contribution in [0.3, 0.4) is 0 Å². The minimum absolute atomic E-state index is 0. The number of aryl methyl sites for hydroxylation is 2. The number of benzene rings is 2. The van der Waals surface area contributed by atoms with Crippen molar-refractivity contribution >= 4 is 10.8 Å². The van der Waals surface area contributed by atoms with Gasteiger partial charge in [-0.05, 0) is 121 Å². The van der Waals surface area contributed by atoms with Crippen molar-refractivity contribution in [2.45, 2.75) is 124 Å².